The van der Waals surface area contributed by atoms with Crippen LogP contribution in [-0.4, -0.2) is 23.2 Å². The van der Waals surface area contributed by atoms with Crippen molar-refractivity contribution in [1.82, 2.24) is 14.8 Å². The second kappa shape index (κ2) is 5.57. The van der Waals surface area contributed by atoms with Crippen LogP contribution in [0.5, 0.6) is 0 Å². The number of halogens is 1. The third-order valence-corrected chi connectivity index (χ3v) is 4.32. The van der Waals surface area contributed by atoms with Gasteiger partial charge >= 0.3 is 0 Å². The summed E-state index contributed by atoms with van der Waals surface area (Å²) in [4.78, 5) is 3.84. The lowest BCUT2D eigenvalue weighted by molar-refractivity contribution is 0.600. The predicted octanol–water partition coefficient (Wildman–Crippen LogP) is 2.21. The summed E-state index contributed by atoms with van der Waals surface area (Å²) in [6, 6.07) is 11.8. The van der Waals surface area contributed by atoms with Gasteiger partial charge in [0.25, 0.3) is 10.0 Å². The molecule has 1 aromatic heterocycles. The quantitative estimate of drug-likeness (QED) is 0.800. The van der Waals surface area contributed by atoms with Gasteiger partial charge in [-0.2, -0.15) is 5.10 Å². The van der Waals surface area contributed by atoms with Gasteiger partial charge in [0.2, 0.25) is 0 Å². The zero-order valence-electron chi connectivity index (χ0n) is 11.2. The van der Waals surface area contributed by atoms with E-state index in [1.807, 2.05) is 0 Å². The van der Waals surface area contributed by atoms with Gasteiger partial charge in [-0.05, 0) is 24.3 Å². The lowest BCUT2D eigenvalue weighted by Gasteiger charge is -2.09. The molecule has 0 aliphatic rings. The van der Waals surface area contributed by atoms with Gasteiger partial charge in [0.1, 0.15) is 18.3 Å². The Morgan fingerprint density at radius 1 is 1.09 bits per heavy atom. The number of rotatable bonds is 4. The monoisotopic (exact) mass is 318 g/mol. The maximum absolute atomic E-state index is 14.1. The molecule has 0 radical (unpaired) electrons. The number of hydrogen-bond donors (Lipinski definition) is 1. The molecule has 6 nitrogen and oxygen atoms in total. The molecule has 0 aliphatic heterocycles. The summed E-state index contributed by atoms with van der Waals surface area (Å²) in [5.41, 5.74) is 0.311. The van der Waals surface area contributed by atoms with Crippen molar-refractivity contribution in [2.45, 2.75) is 4.90 Å². The molecule has 3 rings (SSSR count). The fourth-order valence-corrected chi connectivity index (χ4v) is 2.97. The van der Waals surface area contributed by atoms with Crippen LogP contribution in [-0.2, 0) is 10.0 Å². The van der Waals surface area contributed by atoms with Gasteiger partial charge in [-0.15, -0.1) is 0 Å². The van der Waals surface area contributed by atoms with E-state index in [0.717, 1.165) is 6.07 Å². The molecule has 8 heteroatoms. The number of nitrogens with zero attached hydrogens (tertiary/aromatic N) is 3. The molecular formula is C14H11FN4O2S. The molecule has 1 heterocycles. The average molecular weight is 318 g/mol. The lowest BCUT2D eigenvalue weighted by atomic mass is 10.3. The first-order chi connectivity index (χ1) is 10.6. The van der Waals surface area contributed by atoms with Crippen LogP contribution in [0, 0.1) is 5.82 Å². The Bertz CT molecular complexity index is 880. The average Bonchev–Trinajstić information content (AvgIpc) is 3.02. The first kappa shape index (κ1) is 14.2. The highest BCUT2D eigenvalue weighted by atomic mass is 32.2. The second-order valence-electron chi connectivity index (χ2n) is 4.42. The number of nitrogens with one attached hydrogen (secondary N) is 1. The van der Waals surface area contributed by atoms with Crippen LogP contribution < -0.4 is 4.72 Å². The Morgan fingerprint density at radius 3 is 2.50 bits per heavy atom. The van der Waals surface area contributed by atoms with Crippen molar-refractivity contribution in [3.63, 3.8) is 0 Å². The maximum atomic E-state index is 14.1. The van der Waals surface area contributed by atoms with E-state index >= 15 is 0 Å². The molecule has 0 amide bonds. The van der Waals surface area contributed by atoms with Crippen molar-refractivity contribution in [3.05, 3.63) is 67.0 Å². The van der Waals surface area contributed by atoms with Crippen LogP contribution in [0.1, 0.15) is 0 Å². The van der Waals surface area contributed by atoms with E-state index < -0.39 is 15.8 Å². The molecule has 0 spiro atoms. The summed E-state index contributed by atoms with van der Waals surface area (Å²) < 4.78 is 42.0. The van der Waals surface area contributed by atoms with Crippen molar-refractivity contribution < 1.29 is 12.8 Å². The summed E-state index contributed by atoms with van der Waals surface area (Å²) in [7, 11) is -3.75. The molecule has 0 aliphatic carbocycles. The van der Waals surface area contributed by atoms with Gasteiger partial charge in [0.05, 0.1) is 10.6 Å². The molecule has 0 bridgehead atoms. The van der Waals surface area contributed by atoms with Crippen molar-refractivity contribution in [3.8, 4) is 5.69 Å². The van der Waals surface area contributed by atoms with Crippen molar-refractivity contribution in [1.29, 1.82) is 0 Å². The molecule has 112 valence electrons. The first-order valence-electron chi connectivity index (χ1n) is 6.29. The normalized spacial score (nSPS) is 11.3. The number of aromatic nitrogens is 3. The Balaban J connectivity index is 1.89. The van der Waals surface area contributed by atoms with Gasteiger partial charge in [-0.3, -0.25) is 4.72 Å². The highest BCUT2D eigenvalue weighted by Crippen LogP contribution is 2.20. The highest BCUT2D eigenvalue weighted by molar-refractivity contribution is 7.92. The van der Waals surface area contributed by atoms with E-state index in [1.165, 1.54) is 41.6 Å². The molecule has 0 saturated heterocycles. The van der Waals surface area contributed by atoms with Crippen molar-refractivity contribution in [2.75, 3.05) is 4.72 Å². The Labute approximate surface area is 126 Å². The van der Waals surface area contributed by atoms with E-state index in [2.05, 4.69) is 14.8 Å². The lowest BCUT2D eigenvalue weighted by Crippen LogP contribution is -2.13. The number of anilines is 1. The maximum Gasteiger partial charge on any atom is 0.261 e. The highest BCUT2D eigenvalue weighted by Gasteiger charge is 2.15. The summed E-state index contributed by atoms with van der Waals surface area (Å²) >= 11 is 0. The topological polar surface area (TPSA) is 76.9 Å². The van der Waals surface area contributed by atoms with Gasteiger partial charge in [0.15, 0.2) is 5.82 Å². The predicted molar refractivity (Wildman–Crippen MR) is 78.6 cm³/mol. The standard InChI is InChI=1S/C14H11FN4O2S/c15-13-8-11(6-7-14(13)19-10-16-9-17-19)18-22(20,21)12-4-2-1-3-5-12/h1-10,18H. The minimum Gasteiger partial charge on any atom is -0.280 e. The van der Waals surface area contributed by atoms with Crippen LogP contribution in [0.3, 0.4) is 0 Å². The van der Waals surface area contributed by atoms with Gasteiger partial charge < -0.3 is 0 Å². The molecule has 0 unspecified atom stereocenters. The zero-order valence-corrected chi connectivity index (χ0v) is 12.0. The fraction of sp³-hybridized carbons (Fsp3) is 0. The van der Waals surface area contributed by atoms with E-state index in [1.54, 1.807) is 18.2 Å². The fourth-order valence-electron chi connectivity index (χ4n) is 1.90. The van der Waals surface area contributed by atoms with E-state index in [-0.39, 0.29) is 16.3 Å². The SMILES string of the molecule is O=S(=O)(Nc1ccc(-n2cncn2)c(F)c1)c1ccccc1. The minimum atomic E-state index is -3.75. The van der Waals surface area contributed by atoms with Crippen LogP contribution in [0.4, 0.5) is 10.1 Å². The smallest absolute Gasteiger partial charge is 0.261 e. The van der Waals surface area contributed by atoms with Crippen LogP contribution in [0.15, 0.2) is 66.1 Å². The number of hydrogen-bond acceptors (Lipinski definition) is 4. The summed E-state index contributed by atoms with van der Waals surface area (Å²) in [5.74, 6) is -0.612. The Hall–Kier alpha value is -2.74. The summed E-state index contributed by atoms with van der Waals surface area (Å²) in [6.07, 6.45) is 2.64. The third-order valence-electron chi connectivity index (χ3n) is 2.92. The molecule has 0 saturated carbocycles. The second-order valence-corrected chi connectivity index (χ2v) is 6.11. The minimum absolute atomic E-state index is 0.107. The first-order valence-corrected chi connectivity index (χ1v) is 7.77. The van der Waals surface area contributed by atoms with Gasteiger partial charge in [-0.1, -0.05) is 18.2 Å². The van der Waals surface area contributed by atoms with E-state index in [4.69, 9.17) is 0 Å². The van der Waals surface area contributed by atoms with Crippen LogP contribution >= 0.6 is 0 Å². The molecule has 22 heavy (non-hydrogen) atoms. The van der Waals surface area contributed by atoms with Gasteiger partial charge in [-0.25, -0.2) is 22.5 Å². The zero-order chi connectivity index (χ0) is 15.6. The largest absolute Gasteiger partial charge is 0.280 e. The third kappa shape index (κ3) is 2.82. The molecule has 2 aromatic carbocycles. The summed E-state index contributed by atoms with van der Waals surface area (Å²) in [6.45, 7) is 0. The van der Waals surface area contributed by atoms with E-state index in [0.29, 0.717) is 0 Å². The van der Waals surface area contributed by atoms with E-state index in [9.17, 15) is 12.8 Å². The molecule has 3 aromatic rings. The van der Waals surface area contributed by atoms with Crippen LogP contribution in [0.25, 0.3) is 5.69 Å². The van der Waals surface area contributed by atoms with Crippen LogP contribution in [0.2, 0.25) is 0 Å². The number of sulfonamides is 1. The van der Waals surface area contributed by atoms with Crippen molar-refractivity contribution >= 4 is 15.7 Å². The Morgan fingerprint density at radius 2 is 1.86 bits per heavy atom. The molecular weight excluding hydrogens is 307 g/mol. The molecule has 0 fully saturated rings. The van der Waals surface area contributed by atoms with Crippen molar-refractivity contribution in [2.24, 2.45) is 0 Å². The molecule has 0 atom stereocenters. The Kier molecular flexibility index (Phi) is 3.60. The number of benzene rings is 2. The summed E-state index contributed by atoms with van der Waals surface area (Å²) in [5, 5.41) is 3.83. The molecule has 1 N–H and O–H groups in total. The van der Waals surface area contributed by atoms with Gasteiger partial charge in [0, 0.05) is 6.07 Å².